The minimum Gasteiger partial charge on any atom is -0.467 e. The standard InChI is InChI=1S/C14H17NO4/c1-3-9-19-14(17)15-12(13(16)18-2)10-11-7-5-4-6-8-11/h3-8,12H,1,9-10H2,2H3,(H,15,17)/t12-/m0/s1. The van der Waals surface area contributed by atoms with Crippen molar-refractivity contribution in [1.29, 1.82) is 0 Å². The first-order valence-corrected chi connectivity index (χ1v) is 5.83. The quantitative estimate of drug-likeness (QED) is 0.626. The average molecular weight is 263 g/mol. The third kappa shape index (κ3) is 5.25. The normalized spacial score (nSPS) is 11.2. The van der Waals surface area contributed by atoms with E-state index in [-0.39, 0.29) is 6.61 Å². The molecule has 1 aromatic carbocycles. The van der Waals surface area contributed by atoms with Crippen molar-refractivity contribution in [1.82, 2.24) is 5.32 Å². The molecule has 1 rings (SSSR count). The van der Waals surface area contributed by atoms with Crippen LogP contribution in [0.4, 0.5) is 4.79 Å². The van der Waals surface area contributed by atoms with Crippen LogP contribution in [0.5, 0.6) is 0 Å². The molecule has 102 valence electrons. The van der Waals surface area contributed by atoms with Crippen LogP contribution < -0.4 is 5.32 Å². The molecule has 0 heterocycles. The van der Waals surface area contributed by atoms with E-state index in [1.807, 2.05) is 30.3 Å². The maximum Gasteiger partial charge on any atom is 0.408 e. The molecule has 1 amide bonds. The summed E-state index contributed by atoms with van der Waals surface area (Å²) in [5, 5.41) is 2.47. The van der Waals surface area contributed by atoms with E-state index in [0.717, 1.165) is 5.56 Å². The number of rotatable bonds is 6. The molecule has 5 heteroatoms. The van der Waals surface area contributed by atoms with Crippen LogP contribution in [0.25, 0.3) is 0 Å². The van der Waals surface area contributed by atoms with Gasteiger partial charge < -0.3 is 14.8 Å². The van der Waals surface area contributed by atoms with Crippen molar-refractivity contribution in [3.05, 3.63) is 48.6 Å². The molecule has 0 aromatic heterocycles. The summed E-state index contributed by atoms with van der Waals surface area (Å²) in [6.45, 7) is 3.52. The maximum absolute atomic E-state index is 11.6. The van der Waals surface area contributed by atoms with Gasteiger partial charge in [-0.15, -0.1) is 0 Å². The molecule has 5 nitrogen and oxygen atoms in total. The van der Waals surface area contributed by atoms with Crippen molar-refractivity contribution in [2.45, 2.75) is 12.5 Å². The molecule has 0 saturated heterocycles. The van der Waals surface area contributed by atoms with E-state index in [0.29, 0.717) is 6.42 Å². The summed E-state index contributed by atoms with van der Waals surface area (Å²) < 4.78 is 9.44. The Morgan fingerprint density at radius 1 is 1.37 bits per heavy atom. The monoisotopic (exact) mass is 263 g/mol. The number of alkyl carbamates (subject to hydrolysis) is 1. The molecular formula is C14H17NO4. The Kier molecular flexibility index (Phi) is 6.15. The van der Waals surface area contributed by atoms with Crippen LogP contribution >= 0.6 is 0 Å². The van der Waals surface area contributed by atoms with E-state index in [9.17, 15) is 9.59 Å². The molecule has 1 aromatic rings. The average Bonchev–Trinajstić information content (AvgIpc) is 2.44. The van der Waals surface area contributed by atoms with Gasteiger partial charge in [0.25, 0.3) is 0 Å². The zero-order chi connectivity index (χ0) is 14.1. The Morgan fingerprint density at radius 2 is 2.05 bits per heavy atom. The Morgan fingerprint density at radius 3 is 2.63 bits per heavy atom. The first kappa shape index (κ1) is 14.8. The molecule has 0 bridgehead atoms. The topological polar surface area (TPSA) is 64.6 Å². The highest BCUT2D eigenvalue weighted by atomic mass is 16.6. The molecule has 0 spiro atoms. The Hall–Kier alpha value is -2.30. The Balaban J connectivity index is 2.64. The second kappa shape index (κ2) is 7.92. The smallest absolute Gasteiger partial charge is 0.408 e. The van der Waals surface area contributed by atoms with Crippen molar-refractivity contribution in [2.24, 2.45) is 0 Å². The number of methoxy groups -OCH3 is 1. The Labute approximate surface area is 112 Å². The van der Waals surface area contributed by atoms with Gasteiger partial charge in [-0.1, -0.05) is 43.0 Å². The minimum atomic E-state index is -0.773. The third-order valence-corrected chi connectivity index (χ3v) is 2.39. The fraction of sp³-hybridized carbons (Fsp3) is 0.286. The number of amides is 1. The van der Waals surface area contributed by atoms with E-state index >= 15 is 0 Å². The van der Waals surface area contributed by atoms with Gasteiger partial charge in [-0.2, -0.15) is 0 Å². The lowest BCUT2D eigenvalue weighted by molar-refractivity contribution is -0.142. The van der Waals surface area contributed by atoms with Gasteiger partial charge in [0.05, 0.1) is 7.11 Å². The first-order valence-electron chi connectivity index (χ1n) is 5.83. The predicted octanol–water partition coefficient (Wildman–Crippen LogP) is 1.68. The van der Waals surface area contributed by atoms with E-state index in [2.05, 4.69) is 16.6 Å². The van der Waals surface area contributed by atoms with Crippen molar-refractivity contribution >= 4 is 12.1 Å². The van der Waals surface area contributed by atoms with Crippen LogP contribution in [0.3, 0.4) is 0 Å². The van der Waals surface area contributed by atoms with Crippen LogP contribution in [-0.2, 0) is 20.7 Å². The number of hydrogen-bond donors (Lipinski definition) is 1. The summed E-state index contributed by atoms with van der Waals surface area (Å²) in [5.74, 6) is -0.514. The number of carbonyl (C=O) groups is 2. The summed E-state index contributed by atoms with van der Waals surface area (Å²) in [6.07, 6.45) is 1.12. The summed E-state index contributed by atoms with van der Waals surface area (Å²) in [5.41, 5.74) is 0.918. The lowest BCUT2D eigenvalue weighted by atomic mass is 10.1. The number of ether oxygens (including phenoxy) is 2. The number of nitrogens with one attached hydrogen (secondary N) is 1. The minimum absolute atomic E-state index is 0.0884. The number of benzene rings is 1. The molecular weight excluding hydrogens is 246 g/mol. The van der Waals surface area contributed by atoms with Crippen molar-refractivity contribution in [3.8, 4) is 0 Å². The van der Waals surface area contributed by atoms with Crippen molar-refractivity contribution in [2.75, 3.05) is 13.7 Å². The molecule has 0 radical (unpaired) electrons. The Bertz CT molecular complexity index is 430. The lowest BCUT2D eigenvalue weighted by Crippen LogP contribution is -2.43. The summed E-state index contributed by atoms with van der Waals surface area (Å²) in [4.78, 5) is 23.0. The second-order valence-corrected chi connectivity index (χ2v) is 3.80. The fourth-order valence-electron chi connectivity index (χ4n) is 1.50. The SMILES string of the molecule is C=CCOC(=O)N[C@@H](Cc1ccccc1)C(=O)OC. The zero-order valence-electron chi connectivity index (χ0n) is 10.8. The summed E-state index contributed by atoms with van der Waals surface area (Å²) in [7, 11) is 1.27. The van der Waals surface area contributed by atoms with Crippen LogP contribution in [-0.4, -0.2) is 31.8 Å². The van der Waals surface area contributed by atoms with Crippen molar-refractivity contribution in [3.63, 3.8) is 0 Å². The molecule has 0 aliphatic rings. The highest BCUT2D eigenvalue weighted by molar-refractivity contribution is 5.81. The molecule has 1 N–H and O–H groups in total. The third-order valence-electron chi connectivity index (χ3n) is 2.39. The number of esters is 1. The van der Waals surface area contributed by atoms with Crippen LogP contribution in [0.1, 0.15) is 5.56 Å². The molecule has 0 fully saturated rings. The first-order chi connectivity index (χ1) is 9.17. The van der Waals surface area contributed by atoms with Crippen LogP contribution in [0, 0.1) is 0 Å². The summed E-state index contributed by atoms with van der Waals surface area (Å²) in [6, 6.07) is 8.56. The van der Waals surface area contributed by atoms with E-state index < -0.39 is 18.1 Å². The van der Waals surface area contributed by atoms with Gasteiger partial charge in [-0.05, 0) is 5.56 Å². The highest BCUT2D eigenvalue weighted by Crippen LogP contribution is 2.04. The number of hydrogen-bond acceptors (Lipinski definition) is 4. The van der Waals surface area contributed by atoms with Gasteiger partial charge in [0.1, 0.15) is 12.6 Å². The predicted molar refractivity (Wildman–Crippen MR) is 70.6 cm³/mol. The van der Waals surface area contributed by atoms with Gasteiger partial charge in [0.15, 0.2) is 0 Å². The van der Waals surface area contributed by atoms with Crippen LogP contribution in [0.2, 0.25) is 0 Å². The largest absolute Gasteiger partial charge is 0.467 e. The van der Waals surface area contributed by atoms with Crippen molar-refractivity contribution < 1.29 is 19.1 Å². The highest BCUT2D eigenvalue weighted by Gasteiger charge is 2.22. The lowest BCUT2D eigenvalue weighted by Gasteiger charge is -2.16. The van der Waals surface area contributed by atoms with Gasteiger partial charge in [0.2, 0.25) is 0 Å². The van der Waals surface area contributed by atoms with E-state index in [4.69, 9.17) is 4.74 Å². The maximum atomic E-state index is 11.6. The van der Waals surface area contributed by atoms with E-state index in [1.54, 1.807) is 0 Å². The van der Waals surface area contributed by atoms with Gasteiger partial charge in [-0.25, -0.2) is 9.59 Å². The molecule has 19 heavy (non-hydrogen) atoms. The number of carbonyl (C=O) groups excluding carboxylic acids is 2. The van der Waals surface area contributed by atoms with Gasteiger partial charge in [-0.3, -0.25) is 0 Å². The molecule has 0 unspecified atom stereocenters. The zero-order valence-corrected chi connectivity index (χ0v) is 10.8. The van der Waals surface area contributed by atoms with Gasteiger partial charge >= 0.3 is 12.1 Å². The van der Waals surface area contributed by atoms with Crippen LogP contribution in [0.15, 0.2) is 43.0 Å². The van der Waals surface area contributed by atoms with Gasteiger partial charge in [0, 0.05) is 6.42 Å². The van der Waals surface area contributed by atoms with E-state index in [1.165, 1.54) is 13.2 Å². The molecule has 1 atom stereocenters. The molecule has 0 aliphatic heterocycles. The second-order valence-electron chi connectivity index (χ2n) is 3.80. The fourth-order valence-corrected chi connectivity index (χ4v) is 1.50. The molecule has 0 aliphatic carbocycles. The molecule has 0 saturated carbocycles. The summed E-state index contributed by atoms with van der Waals surface area (Å²) >= 11 is 0.